The molecular formula is C21H25N2O5P. The lowest BCUT2D eigenvalue weighted by Crippen LogP contribution is -2.27. The Morgan fingerprint density at radius 2 is 1.66 bits per heavy atom. The quantitative estimate of drug-likeness (QED) is 0.428. The molecule has 0 aliphatic heterocycles. The van der Waals surface area contributed by atoms with Crippen LogP contribution in [0.3, 0.4) is 0 Å². The molecule has 1 amide bonds. The number of carbonyl (C=O) groups excluding carboxylic acids is 1. The van der Waals surface area contributed by atoms with Gasteiger partial charge in [-0.3, -0.25) is 14.2 Å². The highest BCUT2D eigenvalue weighted by atomic mass is 31.2. The van der Waals surface area contributed by atoms with Gasteiger partial charge in [0.25, 0.3) is 5.91 Å². The number of hydrogen-bond acceptors (Lipinski definition) is 5. The number of H-pyrrole nitrogens is 1. The van der Waals surface area contributed by atoms with E-state index in [9.17, 15) is 14.2 Å². The van der Waals surface area contributed by atoms with E-state index in [4.69, 9.17) is 9.05 Å². The van der Waals surface area contributed by atoms with Gasteiger partial charge in [-0.2, -0.15) is 0 Å². The number of aromatic nitrogens is 1. The molecule has 0 saturated heterocycles. The summed E-state index contributed by atoms with van der Waals surface area (Å²) in [6, 6.07) is 10.6. The molecule has 3 aromatic rings. The molecular weight excluding hydrogens is 391 g/mol. The van der Waals surface area contributed by atoms with Gasteiger partial charge in [-0.1, -0.05) is 18.2 Å². The molecule has 0 saturated carbocycles. The summed E-state index contributed by atoms with van der Waals surface area (Å²) in [5, 5.41) is 3.79. The molecule has 0 spiro atoms. The summed E-state index contributed by atoms with van der Waals surface area (Å²) < 4.78 is 23.0. The molecule has 0 aliphatic carbocycles. The first-order valence-corrected chi connectivity index (χ1v) is 11.3. The van der Waals surface area contributed by atoms with Gasteiger partial charge in [0.05, 0.1) is 36.0 Å². The van der Waals surface area contributed by atoms with Crippen LogP contribution >= 0.6 is 7.60 Å². The van der Waals surface area contributed by atoms with E-state index in [0.29, 0.717) is 27.4 Å². The second kappa shape index (κ2) is 8.91. The van der Waals surface area contributed by atoms with Gasteiger partial charge >= 0.3 is 7.60 Å². The van der Waals surface area contributed by atoms with Crippen molar-refractivity contribution in [3.63, 3.8) is 0 Å². The van der Waals surface area contributed by atoms with Crippen molar-refractivity contribution in [1.29, 1.82) is 0 Å². The second-order valence-electron chi connectivity index (χ2n) is 6.61. The Hall–Kier alpha value is -2.47. The maximum absolute atomic E-state index is 12.9. The number of fused-ring (bicyclic) bond motifs is 2. The molecule has 2 N–H and O–H groups in total. The third-order valence-corrected chi connectivity index (χ3v) is 6.72. The van der Waals surface area contributed by atoms with E-state index in [-0.39, 0.29) is 37.3 Å². The monoisotopic (exact) mass is 416 g/mol. The topological polar surface area (TPSA) is 97.5 Å². The highest BCUT2D eigenvalue weighted by molar-refractivity contribution is 7.53. The van der Waals surface area contributed by atoms with Crippen LogP contribution in [-0.4, -0.2) is 36.8 Å². The standard InChI is InChI=1S/C21H25N2O5P/c1-4-27-29(26,28-5-2)13-12-22-21(25)17-11-7-10-16-19(17)23-18-14(3)8-6-9-15(18)20(16)24/h6-11H,4-5,12-13H2,1-3H3,(H,22,25)(H,23,24). The first-order chi connectivity index (χ1) is 13.9. The fraction of sp³-hybridized carbons (Fsp3) is 0.333. The summed E-state index contributed by atoms with van der Waals surface area (Å²) >= 11 is 0. The summed E-state index contributed by atoms with van der Waals surface area (Å²) in [7, 11) is -3.23. The lowest BCUT2D eigenvalue weighted by Gasteiger charge is -2.17. The minimum absolute atomic E-state index is 0.0732. The van der Waals surface area contributed by atoms with E-state index in [1.165, 1.54) is 0 Å². The van der Waals surface area contributed by atoms with Gasteiger partial charge in [0.1, 0.15) is 0 Å². The molecule has 0 atom stereocenters. The Balaban J connectivity index is 1.90. The lowest BCUT2D eigenvalue weighted by molar-refractivity contribution is 0.0957. The molecule has 1 heterocycles. The number of benzene rings is 2. The zero-order chi connectivity index (χ0) is 21.0. The van der Waals surface area contributed by atoms with Gasteiger partial charge in [-0.05, 0) is 44.5 Å². The number of rotatable bonds is 8. The van der Waals surface area contributed by atoms with Gasteiger partial charge in [0, 0.05) is 17.3 Å². The SMILES string of the molecule is CCOP(=O)(CCNC(=O)c1cccc2c(=O)c3cccc(C)c3[nH]c12)OCC. The molecule has 0 aliphatic rings. The van der Waals surface area contributed by atoms with Crippen molar-refractivity contribution < 1.29 is 18.4 Å². The van der Waals surface area contributed by atoms with Gasteiger partial charge in [0.2, 0.25) is 0 Å². The van der Waals surface area contributed by atoms with Crippen molar-refractivity contribution in [3.05, 3.63) is 57.7 Å². The van der Waals surface area contributed by atoms with Crippen LogP contribution in [0.1, 0.15) is 29.8 Å². The number of para-hydroxylation sites is 2. The van der Waals surface area contributed by atoms with E-state index < -0.39 is 7.60 Å². The molecule has 1 aromatic heterocycles. The molecule has 8 heteroatoms. The number of pyridine rings is 1. The van der Waals surface area contributed by atoms with E-state index >= 15 is 0 Å². The molecule has 0 unspecified atom stereocenters. The van der Waals surface area contributed by atoms with Crippen LogP contribution in [0.4, 0.5) is 0 Å². The average molecular weight is 416 g/mol. The van der Waals surface area contributed by atoms with Crippen LogP contribution in [0.2, 0.25) is 0 Å². The van der Waals surface area contributed by atoms with Crippen molar-refractivity contribution in [2.75, 3.05) is 25.9 Å². The van der Waals surface area contributed by atoms with Crippen LogP contribution in [0.25, 0.3) is 21.8 Å². The van der Waals surface area contributed by atoms with Crippen molar-refractivity contribution in [3.8, 4) is 0 Å². The smallest absolute Gasteiger partial charge is 0.332 e. The van der Waals surface area contributed by atoms with Crippen molar-refractivity contribution >= 4 is 35.3 Å². The first kappa shape index (κ1) is 21.2. The Morgan fingerprint density at radius 3 is 2.31 bits per heavy atom. The Labute approximate surface area is 168 Å². The van der Waals surface area contributed by atoms with Crippen molar-refractivity contribution in [2.45, 2.75) is 20.8 Å². The number of aryl methyl sites for hydroxylation is 1. The third kappa shape index (κ3) is 4.42. The van der Waals surface area contributed by atoms with Crippen molar-refractivity contribution in [2.24, 2.45) is 0 Å². The van der Waals surface area contributed by atoms with Gasteiger partial charge in [0.15, 0.2) is 5.43 Å². The van der Waals surface area contributed by atoms with Gasteiger partial charge in [-0.15, -0.1) is 0 Å². The molecule has 3 rings (SSSR count). The Morgan fingerprint density at radius 1 is 1.03 bits per heavy atom. The van der Waals surface area contributed by atoms with E-state index in [1.54, 1.807) is 38.1 Å². The fourth-order valence-electron chi connectivity index (χ4n) is 3.32. The number of amides is 1. The normalized spacial score (nSPS) is 11.8. The predicted molar refractivity (Wildman–Crippen MR) is 115 cm³/mol. The fourth-order valence-corrected chi connectivity index (χ4v) is 4.82. The maximum Gasteiger partial charge on any atom is 0.332 e. The van der Waals surface area contributed by atoms with Crippen LogP contribution in [0, 0.1) is 6.92 Å². The van der Waals surface area contributed by atoms with Crippen molar-refractivity contribution in [1.82, 2.24) is 10.3 Å². The summed E-state index contributed by atoms with van der Waals surface area (Å²) in [5.41, 5.74) is 2.35. The molecule has 29 heavy (non-hydrogen) atoms. The summed E-state index contributed by atoms with van der Waals surface area (Å²) in [4.78, 5) is 28.9. The summed E-state index contributed by atoms with van der Waals surface area (Å²) in [6.07, 6.45) is 0.0732. The minimum atomic E-state index is -3.23. The summed E-state index contributed by atoms with van der Waals surface area (Å²) in [5.74, 6) is -0.362. The van der Waals surface area contributed by atoms with Gasteiger partial charge in [-0.25, -0.2) is 0 Å². The maximum atomic E-state index is 12.9. The molecule has 0 bridgehead atoms. The molecule has 154 valence electrons. The molecule has 2 aromatic carbocycles. The van der Waals surface area contributed by atoms with Crippen LogP contribution in [0.5, 0.6) is 0 Å². The summed E-state index contributed by atoms with van der Waals surface area (Å²) in [6.45, 7) is 6.05. The minimum Gasteiger partial charge on any atom is -0.353 e. The number of aromatic amines is 1. The highest BCUT2D eigenvalue weighted by Gasteiger charge is 2.23. The van der Waals surface area contributed by atoms with Crippen LogP contribution in [-0.2, 0) is 13.6 Å². The largest absolute Gasteiger partial charge is 0.353 e. The van der Waals surface area contributed by atoms with Crippen LogP contribution < -0.4 is 10.7 Å². The van der Waals surface area contributed by atoms with E-state index in [1.807, 2.05) is 19.1 Å². The number of hydrogen-bond donors (Lipinski definition) is 2. The molecule has 0 radical (unpaired) electrons. The first-order valence-electron chi connectivity index (χ1n) is 9.61. The molecule has 0 fully saturated rings. The van der Waals surface area contributed by atoms with Gasteiger partial charge < -0.3 is 19.3 Å². The zero-order valence-electron chi connectivity index (χ0n) is 16.8. The van der Waals surface area contributed by atoms with E-state index in [2.05, 4.69) is 10.3 Å². The predicted octanol–water partition coefficient (Wildman–Crippen LogP) is 3.99. The Kier molecular flexibility index (Phi) is 6.52. The van der Waals surface area contributed by atoms with E-state index in [0.717, 1.165) is 5.56 Å². The molecule has 7 nitrogen and oxygen atoms in total. The second-order valence-corrected chi connectivity index (χ2v) is 8.79. The Bertz CT molecular complexity index is 1140. The number of carbonyl (C=O) groups is 1. The number of nitrogens with one attached hydrogen (secondary N) is 2. The lowest BCUT2D eigenvalue weighted by atomic mass is 10.0. The highest BCUT2D eigenvalue weighted by Crippen LogP contribution is 2.47. The average Bonchev–Trinajstić information content (AvgIpc) is 2.69. The zero-order valence-corrected chi connectivity index (χ0v) is 17.7. The van der Waals surface area contributed by atoms with Crippen LogP contribution in [0.15, 0.2) is 41.2 Å². The third-order valence-electron chi connectivity index (χ3n) is 4.64.